The minimum Gasteiger partial charge on any atom is -0.497 e. The van der Waals surface area contributed by atoms with E-state index in [1.165, 1.54) is 0 Å². The Bertz CT molecular complexity index is 1040. The monoisotopic (exact) mass is 413 g/mol. The Balaban J connectivity index is 1.58. The Labute approximate surface area is 173 Å². The molecule has 1 unspecified atom stereocenters. The van der Waals surface area contributed by atoms with Gasteiger partial charge in [0.25, 0.3) is 5.89 Å². The summed E-state index contributed by atoms with van der Waals surface area (Å²) in [5.74, 6) is 1.98. The van der Waals surface area contributed by atoms with Gasteiger partial charge in [0.2, 0.25) is 5.91 Å². The van der Waals surface area contributed by atoms with Crippen molar-refractivity contribution in [3.63, 3.8) is 0 Å². The SMILES string of the molecule is COc1cc(OC)cc(-c2nc(C3CC(=O)N(c4ccc(Cl)cc4C)C3)no2)c1. The average molecular weight is 414 g/mol. The molecule has 7 nitrogen and oxygen atoms in total. The van der Waals surface area contributed by atoms with Crippen molar-refractivity contribution in [1.29, 1.82) is 0 Å². The van der Waals surface area contributed by atoms with Gasteiger partial charge in [-0.05, 0) is 42.8 Å². The highest BCUT2D eigenvalue weighted by Gasteiger charge is 2.35. The van der Waals surface area contributed by atoms with Crippen molar-refractivity contribution >= 4 is 23.2 Å². The quantitative estimate of drug-likeness (QED) is 0.622. The van der Waals surface area contributed by atoms with Crippen molar-refractivity contribution in [2.75, 3.05) is 25.7 Å². The lowest BCUT2D eigenvalue weighted by Gasteiger charge is -2.18. The zero-order valence-electron chi connectivity index (χ0n) is 16.3. The molecule has 0 aliphatic carbocycles. The lowest BCUT2D eigenvalue weighted by atomic mass is 10.1. The van der Waals surface area contributed by atoms with Gasteiger partial charge in [-0.25, -0.2) is 0 Å². The third kappa shape index (κ3) is 3.78. The molecule has 1 aliphatic heterocycles. The summed E-state index contributed by atoms with van der Waals surface area (Å²) in [4.78, 5) is 18.9. The van der Waals surface area contributed by atoms with E-state index >= 15 is 0 Å². The predicted octanol–water partition coefficient (Wildman–Crippen LogP) is 4.24. The summed E-state index contributed by atoms with van der Waals surface area (Å²) < 4.78 is 16.0. The highest BCUT2D eigenvalue weighted by molar-refractivity contribution is 6.30. The molecule has 3 aromatic rings. The van der Waals surface area contributed by atoms with Crippen LogP contribution in [0.3, 0.4) is 0 Å². The minimum absolute atomic E-state index is 0.0230. The summed E-state index contributed by atoms with van der Waals surface area (Å²) in [6.07, 6.45) is 0.322. The number of hydrogen-bond donors (Lipinski definition) is 0. The van der Waals surface area contributed by atoms with Crippen LogP contribution in [0.15, 0.2) is 40.9 Å². The van der Waals surface area contributed by atoms with Crippen LogP contribution in [-0.2, 0) is 4.79 Å². The van der Waals surface area contributed by atoms with Gasteiger partial charge in [0.05, 0.1) is 14.2 Å². The number of hydrogen-bond acceptors (Lipinski definition) is 6. The first-order valence-corrected chi connectivity index (χ1v) is 9.50. The summed E-state index contributed by atoms with van der Waals surface area (Å²) in [6, 6.07) is 10.9. The molecule has 29 heavy (non-hydrogen) atoms. The zero-order chi connectivity index (χ0) is 20.5. The second-order valence-corrected chi connectivity index (χ2v) is 7.33. The second-order valence-electron chi connectivity index (χ2n) is 6.90. The lowest BCUT2D eigenvalue weighted by Crippen LogP contribution is -2.25. The van der Waals surface area contributed by atoms with E-state index in [2.05, 4.69) is 10.1 Å². The van der Waals surface area contributed by atoms with Crippen LogP contribution in [0.2, 0.25) is 5.02 Å². The fourth-order valence-corrected chi connectivity index (χ4v) is 3.71. The van der Waals surface area contributed by atoms with E-state index in [0.717, 1.165) is 11.3 Å². The van der Waals surface area contributed by atoms with Gasteiger partial charge in [-0.3, -0.25) is 4.79 Å². The smallest absolute Gasteiger partial charge is 0.258 e. The van der Waals surface area contributed by atoms with Gasteiger partial charge in [0.15, 0.2) is 5.82 Å². The number of carbonyl (C=O) groups is 1. The fourth-order valence-electron chi connectivity index (χ4n) is 3.48. The van der Waals surface area contributed by atoms with Gasteiger partial charge in [-0.1, -0.05) is 16.8 Å². The number of aryl methyl sites for hydroxylation is 1. The number of carbonyl (C=O) groups excluding carboxylic acids is 1. The van der Waals surface area contributed by atoms with Crippen molar-refractivity contribution in [3.05, 3.63) is 52.8 Å². The van der Waals surface area contributed by atoms with E-state index in [-0.39, 0.29) is 11.8 Å². The Hall–Kier alpha value is -3.06. The van der Waals surface area contributed by atoms with Gasteiger partial charge in [0, 0.05) is 41.2 Å². The van der Waals surface area contributed by atoms with Gasteiger partial charge in [-0.2, -0.15) is 4.98 Å². The molecular weight excluding hydrogens is 394 g/mol. The third-order valence-corrected chi connectivity index (χ3v) is 5.22. The number of amides is 1. The van der Waals surface area contributed by atoms with Crippen LogP contribution < -0.4 is 14.4 Å². The Morgan fingerprint density at radius 1 is 1.14 bits per heavy atom. The molecule has 0 N–H and O–H groups in total. The van der Waals surface area contributed by atoms with Gasteiger partial charge < -0.3 is 18.9 Å². The molecule has 2 heterocycles. The van der Waals surface area contributed by atoms with Gasteiger partial charge in [-0.15, -0.1) is 0 Å². The van der Waals surface area contributed by atoms with Crippen LogP contribution in [0.4, 0.5) is 5.69 Å². The van der Waals surface area contributed by atoms with Crippen LogP contribution in [0, 0.1) is 6.92 Å². The number of aromatic nitrogens is 2. The molecule has 4 rings (SSSR count). The van der Waals surface area contributed by atoms with E-state index in [1.807, 2.05) is 19.1 Å². The van der Waals surface area contributed by atoms with Crippen LogP contribution >= 0.6 is 11.6 Å². The Kier molecular flexibility index (Phi) is 5.15. The molecule has 0 spiro atoms. The van der Waals surface area contributed by atoms with Crippen molar-refractivity contribution in [1.82, 2.24) is 10.1 Å². The number of halogens is 1. The molecule has 1 amide bonds. The first-order valence-electron chi connectivity index (χ1n) is 9.12. The molecule has 1 atom stereocenters. The molecule has 0 saturated carbocycles. The van der Waals surface area contributed by atoms with Gasteiger partial charge >= 0.3 is 0 Å². The molecule has 150 valence electrons. The van der Waals surface area contributed by atoms with E-state index < -0.39 is 0 Å². The standard InChI is InChI=1S/C21H20ClN3O4/c1-12-6-15(22)4-5-18(12)25-11-14(9-19(25)26)20-23-21(29-24-20)13-7-16(27-2)10-17(8-13)28-3/h4-8,10,14H,9,11H2,1-3H3. The van der Waals surface area contributed by atoms with E-state index in [4.69, 9.17) is 25.6 Å². The maximum atomic E-state index is 12.6. The second kappa shape index (κ2) is 7.75. The third-order valence-electron chi connectivity index (χ3n) is 4.98. The van der Waals surface area contributed by atoms with Crippen molar-refractivity contribution in [2.45, 2.75) is 19.3 Å². The normalized spacial score (nSPS) is 16.3. The molecule has 0 radical (unpaired) electrons. The van der Waals surface area contributed by atoms with Crippen molar-refractivity contribution in [2.24, 2.45) is 0 Å². The van der Waals surface area contributed by atoms with Crippen LogP contribution in [0.1, 0.15) is 23.7 Å². The van der Waals surface area contributed by atoms with Crippen LogP contribution in [0.25, 0.3) is 11.5 Å². The fraction of sp³-hybridized carbons (Fsp3) is 0.286. The predicted molar refractivity (Wildman–Crippen MR) is 109 cm³/mol. The number of methoxy groups -OCH3 is 2. The molecular formula is C21H20ClN3O4. The number of ether oxygens (including phenoxy) is 2. The molecule has 1 fully saturated rings. The number of benzene rings is 2. The minimum atomic E-state index is -0.150. The molecule has 1 saturated heterocycles. The summed E-state index contributed by atoms with van der Waals surface area (Å²) in [6.45, 7) is 2.42. The molecule has 8 heteroatoms. The highest BCUT2D eigenvalue weighted by Crippen LogP contribution is 2.35. The summed E-state index contributed by atoms with van der Waals surface area (Å²) in [5.41, 5.74) is 2.49. The maximum Gasteiger partial charge on any atom is 0.258 e. The number of nitrogens with zero attached hydrogens (tertiary/aromatic N) is 3. The van der Waals surface area contributed by atoms with Crippen LogP contribution in [-0.4, -0.2) is 36.8 Å². The highest BCUT2D eigenvalue weighted by atomic mass is 35.5. The first-order chi connectivity index (χ1) is 14.0. The summed E-state index contributed by atoms with van der Waals surface area (Å²) >= 11 is 6.04. The summed E-state index contributed by atoms with van der Waals surface area (Å²) in [7, 11) is 3.16. The first kappa shape index (κ1) is 19.3. The van der Waals surface area contributed by atoms with Crippen LogP contribution in [0.5, 0.6) is 11.5 Å². The Morgan fingerprint density at radius 2 is 1.86 bits per heavy atom. The zero-order valence-corrected chi connectivity index (χ0v) is 17.1. The Morgan fingerprint density at radius 3 is 2.52 bits per heavy atom. The molecule has 2 aromatic carbocycles. The lowest BCUT2D eigenvalue weighted by molar-refractivity contribution is -0.117. The average Bonchev–Trinajstić information content (AvgIpc) is 3.35. The van der Waals surface area contributed by atoms with E-state index in [1.54, 1.807) is 43.4 Å². The molecule has 1 aromatic heterocycles. The van der Waals surface area contributed by atoms with Gasteiger partial charge in [0.1, 0.15) is 11.5 Å². The van der Waals surface area contributed by atoms with E-state index in [9.17, 15) is 4.79 Å². The maximum absolute atomic E-state index is 12.6. The number of rotatable bonds is 5. The largest absolute Gasteiger partial charge is 0.497 e. The molecule has 1 aliphatic rings. The molecule has 0 bridgehead atoms. The van der Waals surface area contributed by atoms with Crippen molar-refractivity contribution < 1.29 is 18.8 Å². The topological polar surface area (TPSA) is 77.7 Å². The summed E-state index contributed by atoms with van der Waals surface area (Å²) in [5, 5.41) is 4.76. The number of anilines is 1. The van der Waals surface area contributed by atoms with E-state index in [0.29, 0.717) is 46.8 Å². The van der Waals surface area contributed by atoms with Crippen molar-refractivity contribution in [3.8, 4) is 23.0 Å².